The van der Waals surface area contributed by atoms with E-state index in [1.165, 1.54) is 7.11 Å². The lowest BCUT2D eigenvalue weighted by Gasteiger charge is -2.21. The van der Waals surface area contributed by atoms with Gasteiger partial charge in [-0.25, -0.2) is 9.59 Å². The van der Waals surface area contributed by atoms with E-state index in [1.54, 1.807) is 45.9 Å². The van der Waals surface area contributed by atoms with Crippen LogP contribution in [0.2, 0.25) is 0 Å². The second kappa shape index (κ2) is 8.19. The third-order valence-electron chi connectivity index (χ3n) is 2.61. The van der Waals surface area contributed by atoms with Crippen molar-refractivity contribution in [3.8, 4) is 5.75 Å². The molecule has 0 aliphatic heterocycles. The van der Waals surface area contributed by atoms with Crippen molar-refractivity contribution >= 4 is 28.0 Å². The standard InChI is InChI=1S/C16H22BrNO5/c1-10(9-18-15(20)23-16(2,3)4)22-13-8-11(17)6-7-12(13)14(19)21-5/h6-8,10H,9H2,1-5H3,(H,18,20)/t10-/m1/s1. The highest BCUT2D eigenvalue weighted by Gasteiger charge is 2.18. The van der Waals surface area contributed by atoms with Crippen molar-refractivity contribution < 1.29 is 23.8 Å². The quantitative estimate of drug-likeness (QED) is 0.782. The van der Waals surface area contributed by atoms with Gasteiger partial charge in [0.15, 0.2) is 0 Å². The number of nitrogens with one attached hydrogen (secondary N) is 1. The molecule has 6 nitrogen and oxygen atoms in total. The molecule has 1 atom stereocenters. The van der Waals surface area contributed by atoms with Gasteiger partial charge < -0.3 is 19.5 Å². The van der Waals surface area contributed by atoms with E-state index in [9.17, 15) is 9.59 Å². The summed E-state index contributed by atoms with van der Waals surface area (Å²) in [6.07, 6.45) is -0.879. The van der Waals surface area contributed by atoms with Gasteiger partial charge in [0.05, 0.1) is 13.7 Å². The molecule has 1 amide bonds. The first-order valence-corrected chi connectivity index (χ1v) is 7.93. The van der Waals surface area contributed by atoms with Crippen LogP contribution in [-0.4, -0.2) is 37.4 Å². The Bertz CT molecular complexity index is 568. The molecule has 1 N–H and O–H groups in total. The fourth-order valence-electron chi connectivity index (χ4n) is 1.67. The average Bonchev–Trinajstić information content (AvgIpc) is 2.43. The van der Waals surface area contributed by atoms with E-state index in [4.69, 9.17) is 14.2 Å². The first-order chi connectivity index (χ1) is 10.6. The fraction of sp³-hybridized carbons (Fsp3) is 0.500. The van der Waals surface area contributed by atoms with Crippen LogP contribution in [0.25, 0.3) is 0 Å². The van der Waals surface area contributed by atoms with Gasteiger partial charge >= 0.3 is 12.1 Å². The van der Waals surface area contributed by atoms with Crippen molar-refractivity contribution in [2.75, 3.05) is 13.7 Å². The zero-order chi connectivity index (χ0) is 17.6. The van der Waals surface area contributed by atoms with Crippen molar-refractivity contribution in [1.82, 2.24) is 5.32 Å². The maximum absolute atomic E-state index is 11.7. The summed E-state index contributed by atoms with van der Waals surface area (Å²) in [5.41, 5.74) is -0.240. The van der Waals surface area contributed by atoms with Crippen LogP contribution in [0.15, 0.2) is 22.7 Å². The highest BCUT2D eigenvalue weighted by Crippen LogP contribution is 2.25. The van der Waals surface area contributed by atoms with Gasteiger partial charge in [-0.05, 0) is 45.9 Å². The summed E-state index contributed by atoms with van der Waals surface area (Å²) < 4.78 is 16.4. The molecular formula is C16H22BrNO5. The minimum atomic E-state index is -0.559. The van der Waals surface area contributed by atoms with Gasteiger partial charge in [-0.15, -0.1) is 0 Å². The van der Waals surface area contributed by atoms with Crippen LogP contribution in [0.1, 0.15) is 38.1 Å². The number of rotatable bonds is 5. The number of hydrogen-bond donors (Lipinski definition) is 1. The van der Waals surface area contributed by atoms with E-state index in [-0.39, 0.29) is 12.6 Å². The van der Waals surface area contributed by atoms with E-state index in [1.807, 2.05) is 0 Å². The zero-order valence-electron chi connectivity index (χ0n) is 13.9. The molecule has 128 valence electrons. The topological polar surface area (TPSA) is 73.9 Å². The lowest BCUT2D eigenvalue weighted by Crippen LogP contribution is -2.37. The molecule has 0 aliphatic rings. The van der Waals surface area contributed by atoms with Crippen molar-refractivity contribution in [2.45, 2.75) is 39.4 Å². The highest BCUT2D eigenvalue weighted by molar-refractivity contribution is 9.10. The number of ether oxygens (including phenoxy) is 3. The van der Waals surface area contributed by atoms with E-state index < -0.39 is 17.7 Å². The van der Waals surface area contributed by atoms with Crippen LogP contribution in [-0.2, 0) is 9.47 Å². The second-order valence-corrected chi connectivity index (χ2v) is 6.86. The molecule has 23 heavy (non-hydrogen) atoms. The number of carbonyl (C=O) groups is 2. The van der Waals surface area contributed by atoms with Crippen molar-refractivity contribution in [3.63, 3.8) is 0 Å². The summed E-state index contributed by atoms with van der Waals surface area (Å²) >= 11 is 3.33. The number of halogens is 1. The number of benzene rings is 1. The third-order valence-corrected chi connectivity index (χ3v) is 3.10. The first-order valence-electron chi connectivity index (χ1n) is 7.13. The second-order valence-electron chi connectivity index (χ2n) is 5.94. The van der Waals surface area contributed by atoms with Gasteiger partial charge in [0.2, 0.25) is 0 Å². The summed E-state index contributed by atoms with van der Waals surface area (Å²) in [5, 5.41) is 2.62. The van der Waals surface area contributed by atoms with Crippen LogP contribution < -0.4 is 10.1 Å². The molecule has 0 aliphatic carbocycles. The zero-order valence-corrected chi connectivity index (χ0v) is 15.5. The van der Waals surface area contributed by atoms with Gasteiger partial charge in [-0.2, -0.15) is 0 Å². The van der Waals surface area contributed by atoms with Gasteiger partial charge in [0.25, 0.3) is 0 Å². The van der Waals surface area contributed by atoms with Crippen LogP contribution >= 0.6 is 15.9 Å². The predicted octanol–water partition coefficient (Wildman–Crippen LogP) is 3.53. The Kier molecular flexibility index (Phi) is 6.87. The Balaban J connectivity index is 2.67. The molecule has 0 radical (unpaired) electrons. The number of alkyl carbamates (subject to hydrolysis) is 1. The van der Waals surface area contributed by atoms with E-state index in [0.29, 0.717) is 11.3 Å². The Labute approximate surface area is 144 Å². The maximum atomic E-state index is 11.7. The molecular weight excluding hydrogens is 366 g/mol. The van der Waals surface area contributed by atoms with Crippen molar-refractivity contribution in [1.29, 1.82) is 0 Å². The summed E-state index contributed by atoms with van der Waals surface area (Å²) in [6, 6.07) is 5.01. The summed E-state index contributed by atoms with van der Waals surface area (Å²) in [5.74, 6) is -0.107. The van der Waals surface area contributed by atoms with Crippen LogP contribution in [0.5, 0.6) is 5.75 Å². The minimum Gasteiger partial charge on any atom is -0.488 e. The van der Waals surface area contributed by atoms with Gasteiger partial charge in [0.1, 0.15) is 23.0 Å². The SMILES string of the molecule is COC(=O)c1ccc(Br)cc1O[C@H](C)CNC(=O)OC(C)(C)C. The molecule has 0 saturated carbocycles. The Morgan fingerprint density at radius 1 is 1.30 bits per heavy atom. The monoisotopic (exact) mass is 387 g/mol. The predicted molar refractivity (Wildman–Crippen MR) is 89.8 cm³/mol. The number of esters is 1. The molecule has 0 heterocycles. The lowest BCUT2D eigenvalue weighted by atomic mass is 10.2. The number of amides is 1. The highest BCUT2D eigenvalue weighted by atomic mass is 79.9. The largest absolute Gasteiger partial charge is 0.488 e. The average molecular weight is 388 g/mol. The molecule has 0 aromatic heterocycles. The lowest BCUT2D eigenvalue weighted by molar-refractivity contribution is 0.0499. The fourth-order valence-corrected chi connectivity index (χ4v) is 2.01. The van der Waals surface area contributed by atoms with Gasteiger partial charge in [-0.3, -0.25) is 0 Å². The smallest absolute Gasteiger partial charge is 0.407 e. The normalized spacial score (nSPS) is 12.3. The molecule has 1 rings (SSSR count). The molecule has 1 aromatic rings. The van der Waals surface area contributed by atoms with E-state index in [0.717, 1.165) is 4.47 Å². The molecule has 0 bridgehead atoms. The van der Waals surface area contributed by atoms with Crippen LogP contribution in [0.3, 0.4) is 0 Å². The Morgan fingerprint density at radius 2 is 1.96 bits per heavy atom. The number of methoxy groups -OCH3 is 1. The Hall–Kier alpha value is -1.76. The summed E-state index contributed by atoms with van der Waals surface area (Å²) in [6.45, 7) is 7.38. The third kappa shape index (κ3) is 6.90. The van der Waals surface area contributed by atoms with Crippen LogP contribution in [0, 0.1) is 0 Å². The number of hydrogen-bond acceptors (Lipinski definition) is 5. The van der Waals surface area contributed by atoms with Gasteiger partial charge in [0, 0.05) is 4.47 Å². The summed E-state index contributed by atoms with van der Waals surface area (Å²) in [4.78, 5) is 23.4. The molecule has 1 aromatic carbocycles. The van der Waals surface area contributed by atoms with E-state index in [2.05, 4.69) is 21.2 Å². The van der Waals surface area contributed by atoms with Crippen molar-refractivity contribution in [3.05, 3.63) is 28.2 Å². The first kappa shape index (κ1) is 19.3. The van der Waals surface area contributed by atoms with Crippen LogP contribution in [0.4, 0.5) is 4.79 Å². The summed E-state index contributed by atoms with van der Waals surface area (Å²) in [7, 11) is 1.31. The molecule has 7 heteroatoms. The molecule has 0 unspecified atom stereocenters. The number of carbonyl (C=O) groups excluding carboxylic acids is 2. The molecule has 0 saturated heterocycles. The maximum Gasteiger partial charge on any atom is 0.407 e. The van der Waals surface area contributed by atoms with Gasteiger partial charge in [-0.1, -0.05) is 15.9 Å². The molecule has 0 fully saturated rings. The minimum absolute atomic E-state index is 0.238. The van der Waals surface area contributed by atoms with E-state index >= 15 is 0 Å². The Morgan fingerprint density at radius 3 is 2.52 bits per heavy atom. The van der Waals surface area contributed by atoms with Crippen molar-refractivity contribution in [2.24, 2.45) is 0 Å². The molecule has 0 spiro atoms.